The van der Waals surface area contributed by atoms with Crippen LogP contribution in [0.5, 0.6) is 0 Å². The summed E-state index contributed by atoms with van der Waals surface area (Å²) < 4.78 is 27.2. The number of rotatable bonds is 4. The van der Waals surface area contributed by atoms with E-state index in [1.54, 1.807) is 21.8 Å². The van der Waals surface area contributed by atoms with Crippen molar-refractivity contribution in [1.29, 1.82) is 0 Å². The Morgan fingerprint density at radius 1 is 1.23 bits per heavy atom. The Kier molecular flexibility index (Phi) is 6.06. The summed E-state index contributed by atoms with van der Waals surface area (Å²) >= 11 is 1.26. The van der Waals surface area contributed by atoms with E-state index >= 15 is 0 Å². The topological polar surface area (TPSA) is 62.1 Å². The van der Waals surface area contributed by atoms with E-state index in [4.69, 9.17) is 0 Å². The third-order valence-corrected chi connectivity index (χ3v) is 8.89. The van der Waals surface area contributed by atoms with Crippen LogP contribution in [0.25, 0.3) is 0 Å². The highest BCUT2D eigenvalue weighted by Crippen LogP contribution is 2.22. The smallest absolute Gasteiger partial charge is 0.280 e. The molecule has 6 nitrogen and oxygen atoms in total. The van der Waals surface area contributed by atoms with Gasteiger partial charge in [-0.2, -0.15) is 4.31 Å². The molecule has 146 valence electrons. The summed E-state index contributed by atoms with van der Waals surface area (Å²) in [6.45, 7) is 10.4. The second-order valence-electron chi connectivity index (χ2n) is 7.91. The molecule has 0 aromatic carbocycles. The summed E-state index contributed by atoms with van der Waals surface area (Å²) in [6, 6.07) is 3.31. The minimum Gasteiger partial charge on any atom is -0.337 e. The highest BCUT2D eigenvalue weighted by molar-refractivity contribution is 7.91. The number of sulfonamides is 1. The van der Waals surface area contributed by atoms with Crippen molar-refractivity contribution in [3.8, 4) is 0 Å². The Morgan fingerprint density at radius 3 is 2.38 bits per heavy atom. The molecule has 0 bridgehead atoms. The van der Waals surface area contributed by atoms with Crippen LogP contribution in [0.2, 0.25) is 0 Å². The summed E-state index contributed by atoms with van der Waals surface area (Å²) in [6.07, 6.45) is 1.18. The third kappa shape index (κ3) is 4.13. The van der Waals surface area contributed by atoms with Gasteiger partial charge in [0, 0.05) is 13.1 Å². The molecule has 3 atom stereocenters. The lowest BCUT2D eigenvalue weighted by Crippen LogP contribution is -3.19. The highest BCUT2D eigenvalue weighted by Gasteiger charge is 2.37. The molecular formula is C18H30N3O3S2+. The standard InChI is InChI=1S/C18H29N3O3S2/c1-14-11-15(2)13-20(12-14)18(22)16(3)19-6-8-21(9-7-19)26(23,24)17-5-4-10-25-17/h4-5,10,14-16H,6-9,11-13H2,1-3H3/p+1/t14-,15+,16-/m1/s1. The van der Waals surface area contributed by atoms with Gasteiger partial charge in [0.05, 0.1) is 26.2 Å². The van der Waals surface area contributed by atoms with Crippen molar-refractivity contribution >= 4 is 27.3 Å². The molecule has 2 saturated heterocycles. The zero-order valence-electron chi connectivity index (χ0n) is 15.8. The van der Waals surface area contributed by atoms with Crippen LogP contribution in [0.3, 0.4) is 0 Å². The first-order chi connectivity index (χ1) is 12.3. The first kappa shape index (κ1) is 19.8. The first-order valence-electron chi connectivity index (χ1n) is 9.46. The van der Waals surface area contributed by atoms with E-state index < -0.39 is 10.0 Å². The van der Waals surface area contributed by atoms with Gasteiger partial charge >= 0.3 is 0 Å². The number of amides is 1. The van der Waals surface area contributed by atoms with Gasteiger partial charge in [-0.3, -0.25) is 4.79 Å². The van der Waals surface area contributed by atoms with Crippen molar-refractivity contribution < 1.29 is 18.1 Å². The maximum absolute atomic E-state index is 12.9. The second kappa shape index (κ2) is 7.96. The van der Waals surface area contributed by atoms with E-state index in [0.717, 1.165) is 13.1 Å². The lowest BCUT2D eigenvalue weighted by molar-refractivity contribution is -0.918. The molecule has 0 saturated carbocycles. The number of nitrogens with zero attached hydrogens (tertiary/aromatic N) is 2. The van der Waals surface area contributed by atoms with Gasteiger partial charge in [-0.25, -0.2) is 8.42 Å². The Hall–Kier alpha value is -0.960. The molecule has 26 heavy (non-hydrogen) atoms. The molecule has 2 aliphatic heterocycles. The average Bonchev–Trinajstić information content (AvgIpc) is 3.15. The van der Waals surface area contributed by atoms with Crippen LogP contribution in [-0.4, -0.2) is 68.8 Å². The number of hydrogen-bond acceptors (Lipinski definition) is 4. The molecule has 1 amide bonds. The molecule has 1 aromatic rings. The lowest BCUT2D eigenvalue weighted by atomic mass is 9.91. The molecule has 3 rings (SSSR count). The first-order valence-corrected chi connectivity index (χ1v) is 11.8. The zero-order chi connectivity index (χ0) is 18.9. The zero-order valence-corrected chi connectivity index (χ0v) is 17.5. The van der Waals surface area contributed by atoms with Crippen LogP contribution in [0.4, 0.5) is 0 Å². The largest absolute Gasteiger partial charge is 0.337 e. The Labute approximate surface area is 160 Å². The number of thiophene rings is 1. The fraction of sp³-hybridized carbons (Fsp3) is 0.722. The van der Waals surface area contributed by atoms with E-state index in [1.165, 1.54) is 22.7 Å². The van der Waals surface area contributed by atoms with E-state index in [1.807, 2.05) is 11.8 Å². The van der Waals surface area contributed by atoms with Crippen molar-refractivity contribution in [2.24, 2.45) is 11.8 Å². The fourth-order valence-corrected chi connectivity index (χ4v) is 6.86. The number of carbonyl (C=O) groups is 1. The summed E-state index contributed by atoms with van der Waals surface area (Å²) in [7, 11) is -3.38. The van der Waals surface area contributed by atoms with Crippen LogP contribution in [0, 0.1) is 11.8 Å². The number of likely N-dealkylation sites (tertiary alicyclic amines) is 1. The fourth-order valence-electron chi connectivity index (χ4n) is 4.28. The summed E-state index contributed by atoms with van der Waals surface area (Å²) in [4.78, 5) is 16.1. The number of carbonyl (C=O) groups excluding carboxylic acids is 1. The van der Waals surface area contributed by atoms with Gasteiger partial charge in [-0.15, -0.1) is 11.3 Å². The van der Waals surface area contributed by atoms with Gasteiger partial charge in [-0.1, -0.05) is 19.9 Å². The number of piperidine rings is 1. The molecule has 0 unspecified atom stereocenters. The predicted octanol–water partition coefficient (Wildman–Crippen LogP) is 0.530. The molecule has 2 aliphatic rings. The monoisotopic (exact) mass is 400 g/mol. The number of quaternary nitrogens is 1. The molecule has 0 aliphatic carbocycles. The van der Waals surface area contributed by atoms with Crippen LogP contribution < -0.4 is 4.90 Å². The maximum Gasteiger partial charge on any atom is 0.280 e. The molecule has 0 radical (unpaired) electrons. The number of hydrogen-bond donors (Lipinski definition) is 1. The number of nitrogens with one attached hydrogen (secondary N) is 1. The van der Waals surface area contributed by atoms with Gasteiger partial charge in [0.15, 0.2) is 6.04 Å². The molecule has 0 spiro atoms. The Bertz CT molecular complexity index is 702. The maximum atomic E-state index is 12.9. The van der Waals surface area contributed by atoms with Gasteiger partial charge in [0.1, 0.15) is 4.21 Å². The molecule has 1 N–H and O–H groups in total. The Morgan fingerprint density at radius 2 is 1.85 bits per heavy atom. The quantitative estimate of drug-likeness (QED) is 0.802. The van der Waals surface area contributed by atoms with Crippen molar-refractivity contribution in [3.05, 3.63) is 17.5 Å². The predicted molar refractivity (Wildman–Crippen MR) is 103 cm³/mol. The van der Waals surface area contributed by atoms with Crippen molar-refractivity contribution in [3.63, 3.8) is 0 Å². The second-order valence-corrected chi connectivity index (χ2v) is 11.0. The van der Waals surface area contributed by atoms with Gasteiger partial charge in [0.2, 0.25) is 0 Å². The number of piperazine rings is 1. The normalized spacial score (nSPS) is 27.4. The van der Waals surface area contributed by atoms with Crippen LogP contribution in [-0.2, 0) is 14.8 Å². The highest BCUT2D eigenvalue weighted by atomic mass is 32.2. The van der Waals surface area contributed by atoms with Crippen molar-refractivity contribution in [2.45, 2.75) is 37.4 Å². The van der Waals surface area contributed by atoms with E-state index in [9.17, 15) is 13.2 Å². The molecule has 8 heteroatoms. The van der Waals surface area contributed by atoms with Crippen molar-refractivity contribution in [2.75, 3.05) is 39.3 Å². The van der Waals surface area contributed by atoms with E-state index in [0.29, 0.717) is 42.2 Å². The van der Waals surface area contributed by atoms with Gasteiger partial charge in [0.25, 0.3) is 15.9 Å². The molecular weight excluding hydrogens is 370 g/mol. The van der Waals surface area contributed by atoms with Crippen LogP contribution in [0.1, 0.15) is 27.2 Å². The minimum atomic E-state index is -3.38. The van der Waals surface area contributed by atoms with Gasteiger partial charge in [-0.05, 0) is 36.6 Å². The lowest BCUT2D eigenvalue weighted by Gasteiger charge is -2.39. The third-order valence-electron chi connectivity index (χ3n) is 5.62. The SMILES string of the molecule is C[C@@H]1C[C@H](C)CN(C(=O)[C@@H](C)[NH+]2CCN(S(=O)(=O)c3cccs3)CC2)C1. The minimum absolute atomic E-state index is 0.112. The van der Waals surface area contributed by atoms with E-state index in [2.05, 4.69) is 13.8 Å². The Balaban J connectivity index is 1.58. The summed E-state index contributed by atoms with van der Waals surface area (Å²) in [5, 5.41) is 1.79. The van der Waals surface area contributed by atoms with E-state index in [-0.39, 0.29) is 11.9 Å². The summed E-state index contributed by atoms with van der Waals surface area (Å²) in [5.74, 6) is 1.32. The van der Waals surface area contributed by atoms with Crippen LogP contribution >= 0.6 is 11.3 Å². The average molecular weight is 401 g/mol. The van der Waals surface area contributed by atoms with Gasteiger partial charge < -0.3 is 9.80 Å². The summed E-state index contributed by atoms with van der Waals surface area (Å²) in [5.41, 5.74) is 0. The molecule has 1 aromatic heterocycles. The van der Waals surface area contributed by atoms with Crippen molar-refractivity contribution in [1.82, 2.24) is 9.21 Å². The molecule has 2 fully saturated rings. The van der Waals surface area contributed by atoms with Crippen LogP contribution in [0.15, 0.2) is 21.7 Å². The molecule has 3 heterocycles.